The highest BCUT2D eigenvalue weighted by atomic mass is 16.4. The van der Waals surface area contributed by atoms with Gasteiger partial charge in [-0.05, 0) is 25.0 Å². The van der Waals surface area contributed by atoms with Crippen LogP contribution in [0.25, 0.3) is 0 Å². The van der Waals surface area contributed by atoms with E-state index in [4.69, 9.17) is 9.68 Å². The molecule has 5 nitrogen and oxygen atoms in total. The lowest BCUT2D eigenvalue weighted by molar-refractivity contribution is 0.0571. The van der Waals surface area contributed by atoms with Crippen LogP contribution >= 0.6 is 0 Å². The molecule has 1 aliphatic heterocycles. The van der Waals surface area contributed by atoms with Crippen molar-refractivity contribution in [1.82, 2.24) is 4.90 Å². The van der Waals surface area contributed by atoms with E-state index >= 15 is 0 Å². The summed E-state index contributed by atoms with van der Waals surface area (Å²) in [5, 5.41) is 8.75. The molecule has 2 heterocycles. The third-order valence-electron chi connectivity index (χ3n) is 3.94. The maximum Gasteiger partial charge on any atom is 0.349 e. The van der Waals surface area contributed by atoms with E-state index in [9.17, 15) is 9.59 Å². The van der Waals surface area contributed by atoms with E-state index in [0.717, 1.165) is 12.8 Å². The first kappa shape index (κ1) is 15.3. The van der Waals surface area contributed by atoms with Gasteiger partial charge in [0.2, 0.25) is 0 Å². The minimum atomic E-state index is -0.571. The number of hydrogen-bond donors (Lipinski definition) is 0. The second-order valence-electron chi connectivity index (χ2n) is 5.72. The maximum atomic E-state index is 12.3. The fraction of sp³-hybridized carbons (Fsp3) is 0.562. The first-order valence-corrected chi connectivity index (χ1v) is 7.31. The maximum absolute atomic E-state index is 12.3. The van der Waals surface area contributed by atoms with Crippen molar-refractivity contribution in [2.75, 3.05) is 13.1 Å². The molecule has 1 atom stereocenters. The monoisotopic (exact) mass is 288 g/mol. The van der Waals surface area contributed by atoms with Gasteiger partial charge in [-0.2, -0.15) is 5.26 Å². The molecule has 0 saturated carbocycles. The number of aryl methyl sites for hydroxylation is 1. The van der Waals surface area contributed by atoms with Crippen LogP contribution in [-0.4, -0.2) is 23.9 Å². The highest BCUT2D eigenvalue weighted by Gasteiger charge is 2.33. The molecule has 0 spiro atoms. The van der Waals surface area contributed by atoms with E-state index in [-0.39, 0.29) is 23.3 Å². The van der Waals surface area contributed by atoms with Crippen LogP contribution in [0.4, 0.5) is 0 Å². The van der Waals surface area contributed by atoms with Gasteiger partial charge in [0, 0.05) is 19.0 Å². The van der Waals surface area contributed by atoms with Gasteiger partial charge >= 0.3 is 5.63 Å². The summed E-state index contributed by atoms with van der Waals surface area (Å²) in [6.45, 7) is 6.63. The van der Waals surface area contributed by atoms with Crippen LogP contribution in [0.15, 0.2) is 15.3 Å². The van der Waals surface area contributed by atoms with Gasteiger partial charge in [0.05, 0.1) is 12.0 Å². The van der Waals surface area contributed by atoms with Crippen LogP contribution in [0.3, 0.4) is 0 Å². The quantitative estimate of drug-likeness (QED) is 0.853. The second kappa shape index (κ2) is 6.13. The van der Waals surface area contributed by atoms with E-state index in [0.29, 0.717) is 24.4 Å². The Kier molecular flexibility index (Phi) is 4.46. The Morgan fingerprint density at radius 1 is 1.57 bits per heavy atom. The van der Waals surface area contributed by atoms with Crippen molar-refractivity contribution in [3.05, 3.63) is 33.4 Å². The average molecular weight is 288 g/mol. The molecule has 1 aliphatic rings. The largest absolute Gasteiger partial charge is 0.427 e. The van der Waals surface area contributed by atoms with Gasteiger partial charge in [-0.3, -0.25) is 4.79 Å². The predicted molar refractivity (Wildman–Crippen MR) is 78.0 cm³/mol. The first-order chi connectivity index (χ1) is 9.97. The third kappa shape index (κ3) is 2.99. The Hall–Kier alpha value is -2.09. The Morgan fingerprint density at radius 3 is 2.76 bits per heavy atom. The molecule has 5 heteroatoms. The van der Waals surface area contributed by atoms with Gasteiger partial charge in [-0.15, -0.1) is 0 Å². The van der Waals surface area contributed by atoms with Crippen molar-refractivity contribution in [1.29, 1.82) is 5.26 Å². The lowest BCUT2D eigenvalue weighted by atomic mass is 9.98. The minimum Gasteiger partial charge on any atom is -0.427 e. The van der Waals surface area contributed by atoms with Gasteiger partial charge in [-0.25, -0.2) is 4.79 Å². The lowest BCUT2D eigenvalue weighted by Crippen LogP contribution is -2.50. The molecule has 112 valence electrons. The Bertz CT molecular complexity index is 636. The average Bonchev–Trinajstić information content (AvgIpc) is 2.36. The van der Waals surface area contributed by atoms with Crippen LogP contribution in [-0.2, 0) is 0 Å². The molecule has 0 bridgehead atoms. The summed E-state index contributed by atoms with van der Waals surface area (Å²) in [6.07, 6.45) is 1.94. The predicted octanol–water partition coefficient (Wildman–Crippen LogP) is 2.45. The highest BCUT2D eigenvalue weighted by molar-refractivity contribution is 5.95. The summed E-state index contributed by atoms with van der Waals surface area (Å²) < 4.78 is 5.33. The van der Waals surface area contributed by atoms with Crippen molar-refractivity contribution >= 4 is 5.91 Å². The van der Waals surface area contributed by atoms with Gasteiger partial charge < -0.3 is 9.32 Å². The zero-order valence-corrected chi connectivity index (χ0v) is 12.7. The fourth-order valence-corrected chi connectivity index (χ4v) is 2.59. The molecule has 1 unspecified atom stereocenters. The van der Waals surface area contributed by atoms with Crippen LogP contribution in [0, 0.1) is 24.2 Å². The lowest BCUT2D eigenvalue weighted by Gasteiger charge is -2.35. The summed E-state index contributed by atoms with van der Waals surface area (Å²) in [7, 11) is 0. The second-order valence-corrected chi connectivity index (χ2v) is 5.72. The molecule has 21 heavy (non-hydrogen) atoms. The van der Waals surface area contributed by atoms with Gasteiger partial charge in [0.1, 0.15) is 11.3 Å². The van der Waals surface area contributed by atoms with E-state index < -0.39 is 5.63 Å². The van der Waals surface area contributed by atoms with Crippen LogP contribution < -0.4 is 5.63 Å². The van der Waals surface area contributed by atoms with Crippen molar-refractivity contribution in [2.24, 2.45) is 5.92 Å². The van der Waals surface area contributed by atoms with E-state index in [1.54, 1.807) is 13.0 Å². The number of carbonyl (C=O) groups excluding carboxylic acids is 1. The molecule has 0 aliphatic carbocycles. The molecular formula is C16H20N2O3. The number of carbonyl (C=O) groups is 1. The number of nitriles is 1. The molecule has 0 N–H and O–H groups in total. The summed E-state index contributed by atoms with van der Waals surface area (Å²) in [5.41, 5.74) is 0.173. The summed E-state index contributed by atoms with van der Waals surface area (Å²) in [6, 6.07) is 3.90. The summed E-state index contributed by atoms with van der Waals surface area (Å²) >= 11 is 0. The van der Waals surface area contributed by atoms with Crippen molar-refractivity contribution in [3.8, 4) is 6.07 Å². The third-order valence-corrected chi connectivity index (χ3v) is 3.94. The normalized spacial score (nSPS) is 16.2. The molecule has 0 aromatic carbocycles. The molecule has 1 amide bonds. The van der Waals surface area contributed by atoms with Gasteiger partial charge in [-0.1, -0.05) is 20.3 Å². The standard InChI is InChI=1S/C16H20N2O3/c1-4-5-10(2)13-6-11(3)14(16(20)21-13)15(19)18-8-12(7-17)9-18/h6,10,12H,4-5,8-9H2,1-3H3. The smallest absolute Gasteiger partial charge is 0.349 e. The summed E-state index contributed by atoms with van der Waals surface area (Å²) in [4.78, 5) is 25.9. The zero-order chi connectivity index (χ0) is 15.6. The topological polar surface area (TPSA) is 74.3 Å². The molecule has 1 aromatic rings. The van der Waals surface area contributed by atoms with E-state index in [1.165, 1.54) is 4.90 Å². The highest BCUT2D eigenvalue weighted by Crippen LogP contribution is 2.23. The molecule has 0 radical (unpaired) electrons. The van der Waals surface area contributed by atoms with Crippen molar-refractivity contribution in [2.45, 2.75) is 39.5 Å². The SMILES string of the molecule is CCCC(C)c1cc(C)c(C(=O)N2CC(C#N)C2)c(=O)o1. The van der Waals surface area contributed by atoms with Gasteiger partial charge in [0.15, 0.2) is 0 Å². The van der Waals surface area contributed by atoms with Gasteiger partial charge in [0.25, 0.3) is 5.91 Å². The number of amides is 1. The number of likely N-dealkylation sites (tertiary alicyclic amines) is 1. The van der Waals surface area contributed by atoms with Crippen molar-refractivity contribution < 1.29 is 9.21 Å². The molecule has 1 fully saturated rings. The number of rotatable bonds is 4. The molecule has 1 aromatic heterocycles. The van der Waals surface area contributed by atoms with Crippen LogP contribution in [0.1, 0.15) is 54.3 Å². The Morgan fingerprint density at radius 2 is 2.24 bits per heavy atom. The van der Waals surface area contributed by atoms with E-state index in [2.05, 4.69) is 13.0 Å². The fourth-order valence-electron chi connectivity index (χ4n) is 2.59. The summed E-state index contributed by atoms with van der Waals surface area (Å²) in [5.74, 6) is 0.347. The Labute approximate surface area is 124 Å². The zero-order valence-electron chi connectivity index (χ0n) is 12.7. The molecule has 1 saturated heterocycles. The van der Waals surface area contributed by atoms with Crippen LogP contribution in [0.2, 0.25) is 0 Å². The molecular weight excluding hydrogens is 268 g/mol. The molecule has 2 rings (SSSR count). The van der Waals surface area contributed by atoms with Crippen molar-refractivity contribution in [3.63, 3.8) is 0 Å². The number of hydrogen-bond acceptors (Lipinski definition) is 4. The van der Waals surface area contributed by atoms with Crippen LogP contribution in [0.5, 0.6) is 0 Å². The minimum absolute atomic E-state index is 0.0961. The van der Waals surface area contributed by atoms with E-state index in [1.807, 2.05) is 6.92 Å². The number of nitrogens with zero attached hydrogens (tertiary/aromatic N) is 2. The first-order valence-electron chi connectivity index (χ1n) is 7.31. The Balaban J connectivity index is 2.24.